The SMILES string of the molecule is CCCn1cc(C(NN)c2ccc(OC)cc2F)cn1. The molecule has 6 heteroatoms. The number of rotatable bonds is 6. The van der Waals surface area contributed by atoms with Gasteiger partial charge in [0.1, 0.15) is 11.6 Å². The normalized spacial score (nSPS) is 12.4. The van der Waals surface area contributed by atoms with Gasteiger partial charge in [-0.25, -0.2) is 9.82 Å². The second kappa shape index (κ2) is 6.49. The summed E-state index contributed by atoms with van der Waals surface area (Å²) < 4.78 is 20.9. The van der Waals surface area contributed by atoms with E-state index in [2.05, 4.69) is 17.4 Å². The number of nitrogens with zero attached hydrogens (tertiary/aromatic N) is 2. The molecular formula is C14H19FN4O. The molecule has 0 fully saturated rings. The molecule has 1 atom stereocenters. The summed E-state index contributed by atoms with van der Waals surface area (Å²) in [7, 11) is 1.50. The van der Waals surface area contributed by atoms with Crippen molar-refractivity contribution in [2.24, 2.45) is 5.84 Å². The lowest BCUT2D eigenvalue weighted by molar-refractivity contribution is 0.410. The summed E-state index contributed by atoms with van der Waals surface area (Å²) in [6.07, 6.45) is 4.56. The van der Waals surface area contributed by atoms with Crippen LogP contribution < -0.4 is 16.0 Å². The molecule has 0 amide bonds. The molecule has 2 rings (SSSR count). The van der Waals surface area contributed by atoms with Gasteiger partial charge >= 0.3 is 0 Å². The monoisotopic (exact) mass is 278 g/mol. The maximum absolute atomic E-state index is 14.1. The van der Waals surface area contributed by atoms with Crippen molar-refractivity contribution >= 4 is 0 Å². The number of hydrogen-bond donors (Lipinski definition) is 2. The van der Waals surface area contributed by atoms with Crippen molar-refractivity contribution in [1.82, 2.24) is 15.2 Å². The van der Waals surface area contributed by atoms with Crippen LogP contribution in [0.15, 0.2) is 30.6 Å². The molecule has 3 N–H and O–H groups in total. The van der Waals surface area contributed by atoms with E-state index in [1.54, 1.807) is 18.3 Å². The Morgan fingerprint density at radius 2 is 2.30 bits per heavy atom. The van der Waals surface area contributed by atoms with Gasteiger partial charge in [-0.05, 0) is 12.5 Å². The van der Waals surface area contributed by atoms with Crippen LogP contribution in [0.5, 0.6) is 5.75 Å². The van der Waals surface area contributed by atoms with Crippen LogP contribution in [-0.4, -0.2) is 16.9 Å². The molecule has 0 bridgehead atoms. The molecule has 0 spiro atoms. The lowest BCUT2D eigenvalue weighted by Crippen LogP contribution is -2.29. The maximum Gasteiger partial charge on any atom is 0.132 e. The van der Waals surface area contributed by atoms with Gasteiger partial charge < -0.3 is 4.74 Å². The highest BCUT2D eigenvalue weighted by atomic mass is 19.1. The zero-order valence-electron chi connectivity index (χ0n) is 11.6. The smallest absolute Gasteiger partial charge is 0.132 e. The van der Waals surface area contributed by atoms with Crippen LogP contribution in [-0.2, 0) is 6.54 Å². The van der Waals surface area contributed by atoms with Crippen LogP contribution in [0.25, 0.3) is 0 Å². The standard InChI is InChI=1S/C14H19FN4O/c1-3-6-19-9-10(8-17-19)14(18-16)12-5-4-11(20-2)7-13(12)15/h4-5,7-9,14,18H,3,6,16H2,1-2H3. The number of methoxy groups -OCH3 is 1. The number of aryl methyl sites for hydroxylation is 1. The molecule has 1 unspecified atom stereocenters. The molecule has 0 aliphatic carbocycles. The molecule has 5 nitrogen and oxygen atoms in total. The lowest BCUT2D eigenvalue weighted by atomic mass is 10.0. The summed E-state index contributed by atoms with van der Waals surface area (Å²) in [5.74, 6) is 5.68. The van der Waals surface area contributed by atoms with Gasteiger partial charge in [0, 0.05) is 29.9 Å². The maximum atomic E-state index is 14.1. The summed E-state index contributed by atoms with van der Waals surface area (Å²) in [6, 6.07) is 4.28. The first-order chi connectivity index (χ1) is 9.69. The predicted molar refractivity (Wildman–Crippen MR) is 74.6 cm³/mol. The second-order valence-electron chi connectivity index (χ2n) is 4.52. The Labute approximate surface area is 117 Å². The van der Waals surface area contributed by atoms with E-state index < -0.39 is 6.04 Å². The number of halogens is 1. The van der Waals surface area contributed by atoms with Crippen molar-refractivity contribution in [3.8, 4) is 5.75 Å². The molecular weight excluding hydrogens is 259 g/mol. The fraction of sp³-hybridized carbons (Fsp3) is 0.357. The average molecular weight is 278 g/mol. The molecule has 1 aromatic carbocycles. The number of nitrogens with two attached hydrogens (primary N) is 1. The third-order valence-corrected chi connectivity index (χ3v) is 3.12. The van der Waals surface area contributed by atoms with E-state index in [1.807, 2.05) is 10.9 Å². The minimum absolute atomic E-state index is 0.365. The third-order valence-electron chi connectivity index (χ3n) is 3.12. The highest BCUT2D eigenvalue weighted by Gasteiger charge is 2.18. The molecule has 108 valence electrons. The topological polar surface area (TPSA) is 65.1 Å². The molecule has 0 aliphatic heterocycles. The first kappa shape index (κ1) is 14.5. The summed E-state index contributed by atoms with van der Waals surface area (Å²) in [6.45, 7) is 2.89. The Morgan fingerprint density at radius 1 is 1.50 bits per heavy atom. The molecule has 0 saturated carbocycles. The van der Waals surface area contributed by atoms with Crippen LogP contribution in [0, 0.1) is 5.82 Å². The quantitative estimate of drug-likeness (QED) is 0.626. The van der Waals surface area contributed by atoms with Gasteiger partial charge in [-0.2, -0.15) is 5.10 Å². The molecule has 1 heterocycles. The fourth-order valence-electron chi connectivity index (χ4n) is 2.11. The zero-order chi connectivity index (χ0) is 14.5. The van der Waals surface area contributed by atoms with Crippen molar-refractivity contribution in [2.45, 2.75) is 25.9 Å². The minimum atomic E-state index is -0.438. The zero-order valence-corrected chi connectivity index (χ0v) is 11.6. The molecule has 2 aromatic rings. The van der Waals surface area contributed by atoms with E-state index >= 15 is 0 Å². The number of aromatic nitrogens is 2. The number of hydrazine groups is 1. The molecule has 0 radical (unpaired) electrons. The van der Waals surface area contributed by atoms with E-state index in [9.17, 15) is 4.39 Å². The van der Waals surface area contributed by atoms with E-state index in [-0.39, 0.29) is 5.82 Å². The number of hydrogen-bond acceptors (Lipinski definition) is 4. The van der Waals surface area contributed by atoms with Gasteiger partial charge in [-0.15, -0.1) is 0 Å². The number of nitrogens with one attached hydrogen (secondary N) is 1. The summed E-state index contributed by atoms with van der Waals surface area (Å²) in [5.41, 5.74) is 3.92. The number of benzene rings is 1. The van der Waals surface area contributed by atoms with E-state index in [0.29, 0.717) is 11.3 Å². The van der Waals surface area contributed by atoms with Crippen molar-refractivity contribution in [1.29, 1.82) is 0 Å². The molecule has 0 aliphatic rings. The van der Waals surface area contributed by atoms with Gasteiger partial charge in [0.05, 0.1) is 19.3 Å². The summed E-state index contributed by atoms with van der Waals surface area (Å²) in [4.78, 5) is 0. The molecule has 1 aromatic heterocycles. The third kappa shape index (κ3) is 2.97. The Hall–Kier alpha value is -1.92. The van der Waals surface area contributed by atoms with Crippen molar-refractivity contribution in [2.75, 3.05) is 7.11 Å². The Bertz CT molecular complexity index is 570. The van der Waals surface area contributed by atoms with Crippen LogP contribution in [0.3, 0.4) is 0 Å². The first-order valence-corrected chi connectivity index (χ1v) is 6.51. The van der Waals surface area contributed by atoms with Crippen molar-refractivity contribution < 1.29 is 9.13 Å². The minimum Gasteiger partial charge on any atom is -0.497 e. The van der Waals surface area contributed by atoms with E-state index in [4.69, 9.17) is 10.6 Å². The van der Waals surface area contributed by atoms with E-state index in [0.717, 1.165) is 18.5 Å². The largest absolute Gasteiger partial charge is 0.497 e. The van der Waals surface area contributed by atoms with Gasteiger partial charge in [0.15, 0.2) is 0 Å². The number of ether oxygens (including phenoxy) is 1. The molecule has 20 heavy (non-hydrogen) atoms. The first-order valence-electron chi connectivity index (χ1n) is 6.51. The van der Waals surface area contributed by atoms with Crippen molar-refractivity contribution in [3.05, 3.63) is 47.5 Å². The highest BCUT2D eigenvalue weighted by molar-refractivity contribution is 5.35. The van der Waals surface area contributed by atoms with E-state index in [1.165, 1.54) is 13.2 Å². The Kier molecular flexibility index (Phi) is 4.70. The van der Waals surface area contributed by atoms with Crippen molar-refractivity contribution in [3.63, 3.8) is 0 Å². The predicted octanol–water partition coefficient (Wildman–Crippen LogP) is 1.99. The summed E-state index contributed by atoms with van der Waals surface area (Å²) in [5, 5.41) is 4.24. The lowest BCUT2D eigenvalue weighted by Gasteiger charge is -2.16. The van der Waals surface area contributed by atoms with Crippen LogP contribution in [0.1, 0.15) is 30.5 Å². The second-order valence-corrected chi connectivity index (χ2v) is 4.52. The Morgan fingerprint density at radius 3 is 2.90 bits per heavy atom. The highest BCUT2D eigenvalue weighted by Crippen LogP contribution is 2.26. The van der Waals surface area contributed by atoms with Gasteiger partial charge in [-0.3, -0.25) is 10.5 Å². The fourth-order valence-corrected chi connectivity index (χ4v) is 2.11. The van der Waals surface area contributed by atoms with Crippen LogP contribution in [0.2, 0.25) is 0 Å². The van der Waals surface area contributed by atoms with Gasteiger partial charge in [0.25, 0.3) is 0 Å². The van der Waals surface area contributed by atoms with Crippen LogP contribution >= 0.6 is 0 Å². The molecule has 0 saturated heterocycles. The van der Waals surface area contributed by atoms with Crippen LogP contribution in [0.4, 0.5) is 4.39 Å². The summed E-state index contributed by atoms with van der Waals surface area (Å²) >= 11 is 0. The Balaban J connectivity index is 2.31. The van der Waals surface area contributed by atoms with Gasteiger partial charge in [0.2, 0.25) is 0 Å². The van der Waals surface area contributed by atoms with Gasteiger partial charge in [-0.1, -0.05) is 13.0 Å². The average Bonchev–Trinajstić information content (AvgIpc) is 2.90.